The number of benzene rings is 2. The molecule has 0 N–H and O–H groups in total. The van der Waals surface area contributed by atoms with Crippen LogP contribution in [0.4, 0.5) is 0 Å². The average Bonchev–Trinajstić information content (AvgIpc) is 2.41. The van der Waals surface area contributed by atoms with E-state index >= 15 is 0 Å². The molecule has 0 saturated carbocycles. The predicted molar refractivity (Wildman–Crippen MR) is 87.1 cm³/mol. The van der Waals surface area contributed by atoms with Gasteiger partial charge in [0.05, 0.1) is 0 Å². The zero-order valence-corrected chi connectivity index (χ0v) is 12.3. The van der Waals surface area contributed by atoms with Crippen LogP contribution in [0.15, 0.2) is 60.7 Å². The minimum atomic E-state index is 1.18. The number of rotatable bonds is 4. The number of nitrogens with zero attached hydrogens (tertiary/aromatic N) is 1. The van der Waals surface area contributed by atoms with Gasteiger partial charge in [0, 0.05) is 0 Å². The van der Waals surface area contributed by atoms with Crippen LogP contribution in [0, 0.1) is 0 Å². The van der Waals surface area contributed by atoms with E-state index in [0.29, 0.717) is 0 Å². The summed E-state index contributed by atoms with van der Waals surface area (Å²) >= 11 is 0. The Balaban J connectivity index is 0.000000399. The SMILES string of the molecule is B(Cc1ccccc1)Cc1ccccc1.CN(C)C. The molecule has 0 aromatic heterocycles. The van der Waals surface area contributed by atoms with Crippen LogP contribution in [-0.2, 0) is 12.6 Å². The molecule has 2 heteroatoms. The maximum atomic E-state index is 2.20. The summed E-state index contributed by atoms with van der Waals surface area (Å²) in [4.78, 5) is 2.00. The lowest BCUT2D eigenvalue weighted by atomic mass is 9.67. The molecule has 0 aliphatic carbocycles. The van der Waals surface area contributed by atoms with E-state index in [2.05, 4.69) is 60.7 Å². The Morgan fingerprint density at radius 3 is 1.32 bits per heavy atom. The summed E-state index contributed by atoms with van der Waals surface area (Å²) < 4.78 is 0. The fourth-order valence-corrected chi connectivity index (χ4v) is 1.79. The third-order valence-electron chi connectivity index (χ3n) is 2.62. The lowest BCUT2D eigenvalue weighted by Gasteiger charge is -2.00. The molecule has 1 nitrogen and oxygen atoms in total. The van der Waals surface area contributed by atoms with Crippen LogP contribution in [0.2, 0.25) is 0 Å². The monoisotopic (exact) mass is 253 g/mol. The van der Waals surface area contributed by atoms with Gasteiger partial charge in [-0.15, -0.1) is 0 Å². The quantitative estimate of drug-likeness (QED) is 0.757. The largest absolute Gasteiger partial charge is 0.312 e. The molecule has 0 unspecified atom stereocenters. The maximum Gasteiger partial charge on any atom is 0.130 e. The van der Waals surface area contributed by atoms with E-state index in [0.717, 1.165) is 0 Å². The Kier molecular flexibility index (Phi) is 7.68. The van der Waals surface area contributed by atoms with Gasteiger partial charge in [0.1, 0.15) is 7.28 Å². The highest BCUT2D eigenvalue weighted by molar-refractivity contribution is 6.34. The van der Waals surface area contributed by atoms with E-state index in [1.165, 1.54) is 31.0 Å². The van der Waals surface area contributed by atoms with Crippen LogP contribution in [0.1, 0.15) is 11.1 Å². The topological polar surface area (TPSA) is 3.24 Å². The fraction of sp³-hybridized carbons (Fsp3) is 0.294. The summed E-state index contributed by atoms with van der Waals surface area (Å²) in [6.45, 7) is 0. The zero-order chi connectivity index (χ0) is 13.9. The summed E-state index contributed by atoms with van der Waals surface area (Å²) in [6, 6.07) is 21.4. The lowest BCUT2D eigenvalue weighted by molar-refractivity contribution is 0.505. The van der Waals surface area contributed by atoms with Gasteiger partial charge in [0.2, 0.25) is 0 Å². The van der Waals surface area contributed by atoms with Gasteiger partial charge >= 0.3 is 0 Å². The van der Waals surface area contributed by atoms with E-state index in [4.69, 9.17) is 0 Å². The van der Waals surface area contributed by atoms with Crippen molar-refractivity contribution in [2.24, 2.45) is 0 Å². The first-order valence-electron chi connectivity index (χ1n) is 6.87. The first-order valence-corrected chi connectivity index (χ1v) is 6.87. The van der Waals surface area contributed by atoms with Crippen LogP contribution in [0.5, 0.6) is 0 Å². The molecule has 0 spiro atoms. The summed E-state index contributed by atoms with van der Waals surface area (Å²) in [7, 11) is 7.23. The molecule has 2 aromatic rings. The Morgan fingerprint density at radius 1 is 0.684 bits per heavy atom. The van der Waals surface area contributed by atoms with Crippen LogP contribution < -0.4 is 0 Å². The van der Waals surface area contributed by atoms with Crippen molar-refractivity contribution in [3.05, 3.63) is 71.8 Å². The second kappa shape index (κ2) is 9.40. The summed E-state index contributed by atoms with van der Waals surface area (Å²) in [5, 5.41) is 0. The van der Waals surface area contributed by atoms with Crippen molar-refractivity contribution in [1.82, 2.24) is 4.90 Å². The smallest absolute Gasteiger partial charge is 0.130 e. The molecule has 2 aromatic carbocycles. The Hall–Kier alpha value is -1.54. The van der Waals surface area contributed by atoms with Crippen molar-refractivity contribution in [2.75, 3.05) is 21.1 Å². The molecule has 0 heterocycles. The van der Waals surface area contributed by atoms with Crippen molar-refractivity contribution in [3.63, 3.8) is 0 Å². The molecular weight excluding hydrogens is 229 g/mol. The first kappa shape index (κ1) is 15.5. The zero-order valence-electron chi connectivity index (χ0n) is 12.3. The normalized spacial score (nSPS) is 9.68. The van der Waals surface area contributed by atoms with Gasteiger partial charge in [-0.3, -0.25) is 0 Å². The van der Waals surface area contributed by atoms with Crippen molar-refractivity contribution in [3.8, 4) is 0 Å². The van der Waals surface area contributed by atoms with Crippen molar-refractivity contribution in [1.29, 1.82) is 0 Å². The lowest BCUT2D eigenvalue weighted by Crippen LogP contribution is -2.01. The highest BCUT2D eigenvalue weighted by Crippen LogP contribution is 2.02. The van der Waals surface area contributed by atoms with Crippen LogP contribution in [0.25, 0.3) is 0 Å². The summed E-state index contributed by atoms with van der Waals surface area (Å²) in [5.41, 5.74) is 2.88. The second-order valence-corrected chi connectivity index (χ2v) is 5.17. The molecule has 0 saturated heterocycles. The molecule has 0 fully saturated rings. The minimum absolute atomic E-state index is 1.18. The van der Waals surface area contributed by atoms with Gasteiger partial charge < -0.3 is 4.90 Å². The fourth-order valence-electron chi connectivity index (χ4n) is 1.79. The third kappa shape index (κ3) is 8.23. The molecule has 0 bridgehead atoms. The standard InChI is InChI=1S/C14H15B.C3H9N/c1-3-7-13(8-4-1)11-15-12-14-9-5-2-6-10-14;1-4(2)3/h1-10,15H,11-12H2;1-3H3. The van der Waals surface area contributed by atoms with Crippen molar-refractivity contribution >= 4 is 7.28 Å². The highest BCUT2D eigenvalue weighted by atomic mass is 15.0. The molecule has 2 rings (SSSR count). The van der Waals surface area contributed by atoms with Gasteiger partial charge in [-0.05, 0) is 21.1 Å². The van der Waals surface area contributed by atoms with E-state index in [1.54, 1.807) is 0 Å². The third-order valence-corrected chi connectivity index (χ3v) is 2.62. The first-order chi connectivity index (χ1) is 9.18. The Bertz CT molecular complexity index is 383. The van der Waals surface area contributed by atoms with E-state index in [9.17, 15) is 0 Å². The Labute approximate surface area is 118 Å². The van der Waals surface area contributed by atoms with Gasteiger partial charge in [-0.1, -0.05) is 84.4 Å². The van der Waals surface area contributed by atoms with Crippen molar-refractivity contribution < 1.29 is 0 Å². The van der Waals surface area contributed by atoms with Crippen LogP contribution in [0.3, 0.4) is 0 Å². The highest BCUT2D eigenvalue weighted by Gasteiger charge is 1.95. The van der Waals surface area contributed by atoms with Gasteiger partial charge in [-0.25, -0.2) is 0 Å². The van der Waals surface area contributed by atoms with Crippen LogP contribution >= 0.6 is 0 Å². The molecule has 19 heavy (non-hydrogen) atoms. The van der Waals surface area contributed by atoms with Crippen molar-refractivity contribution in [2.45, 2.75) is 12.6 Å². The van der Waals surface area contributed by atoms with Gasteiger partial charge in [0.25, 0.3) is 0 Å². The van der Waals surface area contributed by atoms with E-state index < -0.39 is 0 Å². The van der Waals surface area contributed by atoms with Gasteiger partial charge in [-0.2, -0.15) is 0 Å². The molecule has 0 aliphatic rings. The molecule has 0 amide bonds. The molecule has 0 radical (unpaired) electrons. The predicted octanol–water partition coefficient (Wildman–Crippen LogP) is 3.00. The van der Waals surface area contributed by atoms with Gasteiger partial charge in [0.15, 0.2) is 0 Å². The number of hydrogen-bond donors (Lipinski definition) is 0. The molecule has 0 atom stereocenters. The average molecular weight is 253 g/mol. The molecule has 0 aliphatic heterocycles. The number of hydrogen-bond acceptors (Lipinski definition) is 1. The maximum absolute atomic E-state index is 2.20. The summed E-state index contributed by atoms with van der Waals surface area (Å²) in [6.07, 6.45) is 2.35. The van der Waals surface area contributed by atoms with E-state index in [-0.39, 0.29) is 0 Å². The van der Waals surface area contributed by atoms with Crippen LogP contribution in [-0.4, -0.2) is 33.3 Å². The second-order valence-electron chi connectivity index (χ2n) is 5.17. The minimum Gasteiger partial charge on any atom is -0.312 e. The molecular formula is C17H24BN. The Morgan fingerprint density at radius 2 is 1.00 bits per heavy atom. The molecule has 100 valence electrons. The van der Waals surface area contributed by atoms with E-state index in [1.807, 2.05) is 26.0 Å². The summed E-state index contributed by atoms with van der Waals surface area (Å²) in [5.74, 6) is 0.